The third-order valence-electron chi connectivity index (χ3n) is 5.35. The average molecular weight is 376 g/mol. The summed E-state index contributed by atoms with van der Waals surface area (Å²) in [6.07, 6.45) is 0.526. The molecular weight excluding hydrogens is 353 g/mol. The molecule has 1 saturated heterocycles. The van der Waals surface area contributed by atoms with Crippen molar-refractivity contribution in [1.82, 2.24) is 14.9 Å². The first kappa shape index (κ1) is 18.2. The van der Waals surface area contributed by atoms with E-state index >= 15 is 0 Å². The van der Waals surface area contributed by atoms with Crippen LogP contribution in [0.1, 0.15) is 36.9 Å². The van der Waals surface area contributed by atoms with Crippen LogP contribution in [0.25, 0.3) is 0 Å². The molecule has 1 aliphatic heterocycles. The minimum absolute atomic E-state index is 0.237. The fraction of sp³-hybridized carbons (Fsp3) is 0.500. The van der Waals surface area contributed by atoms with Gasteiger partial charge >= 0.3 is 6.18 Å². The fourth-order valence-corrected chi connectivity index (χ4v) is 3.87. The molecule has 0 unspecified atom stereocenters. The summed E-state index contributed by atoms with van der Waals surface area (Å²) in [5.74, 6) is 0.418. The minimum atomic E-state index is -4.44. The van der Waals surface area contributed by atoms with Crippen LogP contribution in [0, 0.1) is 0 Å². The van der Waals surface area contributed by atoms with Gasteiger partial charge in [-0.05, 0) is 31.2 Å². The number of piperidine rings is 1. The second-order valence-electron chi connectivity index (χ2n) is 7.39. The lowest BCUT2D eigenvalue weighted by Crippen LogP contribution is -2.46. The van der Waals surface area contributed by atoms with Gasteiger partial charge in [0.25, 0.3) is 0 Å². The highest BCUT2D eigenvalue weighted by molar-refractivity contribution is 5.44. The van der Waals surface area contributed by atoms with Gasteiger partial charge in [0.05, 0.1) is 0 Å². The van der Waals surface area contributed by atoms with E-state index in [4.69, 9.17) is 0 Å². The summed E-state index contributed by atoms with van der Waals surface area (Å²) in [7, 11) is 0. The second-order valence-corrected chi connectivity index (χ2v) is 7.39. The predicted octanol–water partition coefficient (Wildman–Crippen LogP) is 4.13. The molecule has 2 fully saturated rings. The molecule has 1 saturated carbocycles. The number of likely N-dealkylation sites (tertiary alicyclic amines) is 1. The van der Waals surface area contributed by atoms with Gasteiger partial charge in [-0.1, -0.05) is 30.3 Å². The van der Waals surface area contributed by atoms with E-state index in [1.807, 2.05) is 18.2 Å². The van der Waals surface area contributed by atoms with Crippen molar-refractivity contribution in [2.24, 2.45) is 0 Å². The Hall–Kier alpha value is -2.15. The summed E-state index contributed by atoms with van der Waals surface area (Å²) in [6.45, 7) is 2.81. The van der Waals surface area contributed by atoms with E-state index in [-0.39, 0.29) is 6.04 Å². The molecule has 144 valence electrons. The van der Waals surface area contributed by atoms with Crippen molar-refractivity contribution < 1.29 is 13.2 Å². The van der Waals surface area contributed by atoms with Gasteiger partial charge < -0.3 is 4.90 Å². The van der Waals surface area contributed by atoms with Crippen molar-refractivity contribution in [3.63, 3.8) is 0 Å². The van der Waals surface area contributed by atoms with Gasteiger partial charge in [0, 0.05) is 37.8 Å². The molecule has 2 aliphatic rings. The molecule has 0 amide bonds. The number of benzene rings is 1. The van der Waals surface area contributed by atoms with Gasteiger partial charge in [-0.15, -0.1) is 0 Å². The van der Waals surface area contributed by atoms with E-state index < -0.39 is 11.9 Å². The maximum absolute atomic E-state index is 13.0. The molecule has 0 radical (unpaired) electrons. The molecule has 7 heteroatoms. The Labute approximate surface area is 157 Å². The highest BCUT2D eigenvalue weighted by Crippen LogP contribution is 2.37. The van der Waals surface area contributed by atoms with Crippen molar-refractivity contribution in [1.29, 1.82) is 0 Å². The van der Waals surface area contributed by atoms with E-state index in [2.05, 4.69) is 31.9 Å². The number of hydrogen-bond acceptors (Lipinski definition) is 4. The normalized spacial score (nSPS) is 19.2. The molecule has 0 atom stereocenters. The first-order valence-electron chi connectivity index (χ1n) is 9.44. The summed E-state index contributed by atoms with van der Waals surface area (Å²) in [5.41, 5.74) is 0.431. The second kappa shape index (κ2) is 7.46. The van der Waals surface area contributed by atoms with Crippen molar-refractivity contribution in [2.75, 3.05) is 18.0 Å². The number of rotatable bonds is 5. The van der Waals surface area contributed by atoms with Crippen LogP contribution in [0.15, 0.2) is 42.7 Å². The standard InChI is InChI=1S/C20H23F3N4/c21-20(22,23)18-12-19(25-14-24-18)27(16-6-7-16)17-8-10-26(11-9-17)13-15-4-2-1-3-5-15/h1-5,12,14,16-17H,6-11,13H2. The Morgan fingerprint density at radius 3 is 2.26 bits per heavy atom. The number of aromatic nitrogens is 2. The molecule has 1 aliphatic carbocycles. The first-order chi connectivity index (χ1) is 13.0. The SMILES string of the molecule is FC(F)(F)c1cc(N(C2CC2)C2CCN(Cc3ccccc3)CC2)ncn1. The molecule has 2 heterocycles. The number of halogens is 3. The quantitative estimate of drug-likeness (QED) is 0.786. The summed E-state index contributed by atoms with van der Waals surface area (Å²) in [5, 5.41) is 0. The van der Waals surface area contributed by atoms with Gasteiger partial charge in [0.1, 0.15) is 17.8 Å². The first-order valence-corrected chi connectivity index (χ1v) is 9.44. The zero-order valence-corrected chi connectivity index (χ0v) is 15.1. The summed E-state index contributed by atoms with van der Waals surface area (Å²) in [6, 6.07) is 12.0. The summed E-state index contributed by atoms with van der Waals surface area (Å²) in [4.78, 5) is 12.1. The van der Waals surface area contributed by atoms with Gasteiger partial charge in [-0.2, -0.15) is 13.2 Å². The largest absolute Gasteiger partial charge is 0.433 e. The maximum Gasteiger partial charge on any atom is 0.433 e. The monoisotopic (exact) mass is 376 g/mol. The van der Waals surface area contributed by atoms with E-state index in [1.165, 1.54) is 5.56 Å². The van der Waals surface area contributed by atoms with Crippen LogP contribution in [0.2, 0.25) is 0 Å². The average Bonchev–Trinajstić information content (AvgIpc) is 3.49. The lowest BCUT2D eigenvalue weighted by Gasteiger charge is -2.39. The van der Waals surface area contributed by atoms with Gasteiger partial charge in [-0.25, -0.2) is 9.97 Å². The van der Waals surface area contributed by atoms with Gasteiger partial charge in [0.2, 0.25) is 0 Å². The molecule has 4 rings (SSSR count). The molecular formula is C20H23F3N4. The Morgan fingerprint density at radius 2 is 1.63 bits per heavy atom. The number of alkyl halides is 3. The van der Waals surface area contributed by atoms with Crippen LogP contribution >= 0.6 is 0 Å². The highest BCUT2D eigenvalue weighted by atomic mass is 19.4. The predicted molar refractivity (Wildman–Crippen MR) is 97.3 cm³/mol. The molecule has 4 nitrogen and oxygen atoms in total. The molecule has 2 aromatic rings. The lowest BCUT2D eigenvalue weighted by molar-refractivity contribution is -0.141. The number of anilines is 1. The van der Waals surface area contributed by atoms with Gasteiger partial charge in [0.15, 0.2) is 0 Å². The van der Waals surface area contributed by atoms with Crippen LogP contribution in [0.4, 0.5) is 19.0 Å². The maximum atomic E-state index is 13.0. The number of hydrogen-bond donors (Lipinski definition) is 0. The zero-order valence-electron chi connectivity index (χ0n) is 15.1. The van der Waals surface area contributed by atoms with Crippen molar-refractivity contribution in [2.45, 2.75) is 50.5 Å². The topological polar surface area (TPSA) is 32.3 Å². The Kier molecular flexibility index (Phi) is 5.04. The van der Waals surface area contributed by atoms with E-state index in [0.717, 1.165) is 57.7 Å². The van der Waals surface area contributed by atoms with Crippen LogP contribution in [-0.4, -0.2) is 40.0 Å². The van der Waals surface area contributed by atoms with Crippen molar-refractivity contribution >= 4 is 5.82 Å². The highest BCUT2D eigenvalue weighted by Gasteiger charge is 2.38. The molecule has 0 spiro atoms. The molecule has 27 heavy (non-hydrogen) atoms. The third-order valence-corrected chi connectivity index (χ3v) is 5.35. The van der Waals surface area contributed by atoms with Crippen molar-refractivity contribution in [3.8, 4) is 0 Å². The smallest absolute Gasteiger partial charge is 0.350 e. The molecule has 1 aromatic heterocycles. The van der Waals surface area contributed by atoms with E-state index in [0.29, 0.717) is 11.9 Å². The molecule has 0 N–H and O–H groups in total. The third kappa shape index (κ3) is 4.40. The van der Waals surface area contributed by atoms with Crippen LogP contribution < -0.4 is 4.90 Å². The Bertz CT molecular complexity index is 753. The minimum Gasteiger partial charge on any atom is -0.350 e. The molecule has 1 aromatic carbocycles. The van der Waals surface area contributed by atoms with Crippen LogP contribution in [0.3, 0.4) is 0 Å². The number of nitrogens with zero attached hydrogens (tertiary/aromatic N) is 4. The molecule has 0 bridgehead atoms. The van der Waals surface area contributed by atoms with Crippen LogP contribution in [-0.2, 0) is 12.7 Å². The Balaban J connectivity index is 1.44. The lowest BCUT2D eigenvalue weighted by atomic mass is 10.0. The zero-order chi connectivity index (χ0) is 18.9. The summed E-state index contributed by atoms with van der Waals surface area (Å²) < 4.78 is 39.1. The Morgan fingerprint density at radius 1 is 0.963 bits per heavy atom. The van der Waals surface area contributed by atoms with E-state index in [1.54, 1.807) is 0 Å². The van der Waals surface area contributed by atoms with Crippen molar-refractivity contribution in [3.05, 3.63) is 54.0 Å². The van der Waals surface area contributed by atoms with Gasteiger partial charge in [-0.3, -0.25) is 4.90 Å². The van der Waals surface area contributed by atoms with Crippen LogP contribution in [0.5, 0.6) is 0 Å². The van der Waals surface area contributed by atoms with E-state index in [9.17, 15) is 13.2 Å². The summed E-state index contributed by atoms with van der Waals surface area (Å²) >= 11 is 0. The fourth-order valence-electron chi connectivity index (χ4n) is 3.87.